The van der Waals surface area contributed by atoms with Gasteiger partial charge in [-0.3, -0.25) is 9.59 Å². The van der Waals surface area contributed by atoms with Crippen molar-refractivity contribution in [2.45, 2.75) is 25.4 Å². The van der Waals surface area contributed by atoms with Crippen molar-refractivity contribution >= 4 is 17.5 Å². The molecule has 2 heterocycles. The summed E-state index contributed by atoms with van der Waals surface area (Å²) in [7, 11) is 0. The highest BCUT2D eigenvalue weighted by Crippen LogP contribution is 2.33. The van der Waals surface area contributed by atoms with E-state index in [1.165, 1.54) is 4.90 Å². The van der Waals surface area contributed by atoms with Crippen LogP contribution in [-0.2, 0) is 16.1 Å². The summed E-state index contributed by atoms with van der Waals surface area (Å²) in [4.78, 5) is 26.3. The largest absolute Gasteiger partial charge is 0.454 e. The average molecular weight is 374 g/mol. The third-order valence-corrected chi connectivity index (χ3v) is 4.61. The number of anilines is 1. The summed E-state index contributed by atoms with van der Waals surface area (Å²) in [5.74, 6) is -1.04. The number of rotatable bonds is 4. The molecule has 6 nitrogen and oxygen atoms in total. The van der Waals surface area contributed by atoms with Crippen molar-refractivity contribution in [3.05, 3.63) is 53.6 Å². The first-order valence-corrected chi connectivity index (χ1v) is 8.45. The predicted molar refractivity (Wildman–Crippen MR) is 91.1 cm³/mol. The van der Waals surface area contributed by atoms with E-state index in [9.17, 15) is 18.4 Å². The normalized spacial score (nSPS) is 18.1. The molecule has 2 aliphatic heterocycles. The summed E-state index contributed by atoms with van der Waals surface area (Å²) in [6, 6.07) is 7.49. The summed E-state index contributed by atoms with van der Waals surface area (Å²) in [6.07, 6.45) is 0.562. The molecule has 0 saturated carbocycles. The Morgan fingerprint density at radius 2 is 1.96 bits per heavy atom. The second-order valence-electron chi connectivity index (χ2n) is 6.38. The summed E-state index contributed by atoms with van der Waals surface area (Å²) in [5, 5.41) is 2.44. The van der Waals surface area contributed by atoms with E-state index in [2.05, 4.69) is 5.32 Å². The van der Waals surface area contributed by atoms with Crippen LogP contribution in [0.15, 0.2) is 36.4 Å². The molecule has 2 aromatic carbocycles. The minimum Gasteiger partial charge on any atom is -0.454 e. The van der Waals surface area contributed by atoms with E-state index in [0.717, 1.165) is 17.7 Å². The lowest BCUT2D eigenvalue weighted by molar-refractivity contribution is -0.133. The fourth-order valence-electron chi connectivity index (χ4n) is 3.25. The van der Waals surface area contributed by atoms with Gasteiger partial charge in [0.25, 0.3) is 0 Å². The topological polar surface area (TPSA) is 67.9 Å². The Kier molecular flexibility index (Phi) is 4.39. The van der Waals surface area contributed by atoms with Crippen LogP contribution in [0.1, 0.15) is 18.4 Å². The van der Waals surface area contributed by atoms with Gasteiger partial charge in [-0.25, -0.2) is 8.78 Å². The fourth-order valence-corrected chi connectivity index (χ4v) is 3.25. The van der Waals surface area contributed by atoms with Gasteiger partial charge in [0.1, 0.15) is 17.7 Å². The van der Waals surface area contributed by atoms with E-state index in [-0.39, 0.29) is 31.4 Å². The molecule has 140 valence electrons. The molecule has 8 heteroatoms. The van der Waals surface area contributed by atoms with E-state index < -0.39 is 23.6 Å². The van der Waals surface area contributed by atoms with E-state index in [4.69, 9.17) is 9.47 Å². The van der Waals surface area contributed by atoms with Crippen LogP contribution >= 0.6 is 0 Å². The van der Waals surface area contributed by atoms with Crippen molar-refractivity contribution in [2.75, 3.05) is 12.1 Å². The zero-order valence-electron chi connectivity index (χ0n) is 14.2. The second kappa shape index (κ2) is 6.86. The maximum Gasteiger partial charge on any atom is 0.247 e. The van der Waals surface area contributed by atoms with Gasteiger partial charge in [-0.15, -0.1) is 0 Å². The number of carbonyl (C=O) groups excluding carboxylic acids is 2. The molecule has 0 bridgehead atoms. The molecule has 2 aliphatic rings. The zero-order valence-corrected chi connectivity index (χ0v) is 14.2. The van der Waals surface area contributed by atoms with Crippen LogP contribution in [0.4, 0.5) is 14.5 Å². The van der Waals surface area contributed by atoms with Gasteiger partial charge < -0.3 is 19.7 Å². The summed E-state index contributed by atoms with van der Waals surface area (Å²) in [6.45, 7) is 0.370. The third kappa shape index (κ3) is 3.42. The number of nitrogens with one attached hydrogen (secondary N) is 1. The molecule has 1 unspecified atom stereocenters. The van der Waals surface area contributed by atoms with Gasteiger partial charge in [0.15, 0.2) is 11.5 Å². The number of hydrogen-bond donors (Lipinski definition) is 1. The Morgan fingerprint density at radius 1 is 1.15 bits per heavy atom. The molecule has 1 N–H and O–H groups in total. The lowest BCUT2D eigenvalue weighted by atomic mass is 10.1. The van der Waals surface area contributed by atoms with Crippen molar-refractivity contribution in [3.63, 3.8) is 0 Å². The van der Waals surface area contributed by atoms with Crippen molar-refractivity contribution in [2.24, 2.45) is 0 Å². The smallest absolute Gasteiger partial charge is 0.247 e. The molecule has 1 atom stereocenters. The first-order chi connectivity index (χ1) is 13.0. The number of amides is 2. The Hall–Kier alpha value is -3.16. The number of carbonyl (C=O) groups is 2. The standard InChI is InChI=1S/C19H16F2N2O4/c20-12-2-3-14(13(21)8-12)22-19(25)15-4-6-18(24)23(15)9-11-1-5-16-17(7-11)27-10-26-16/h1-3,5,7-8,15H,4,6,9-10H2,(H,22,25). The molecule has 2 aromatic rings. The maximum absolute atomic E-state index is 13.8. The molecule has 0 spiro atoms. The monoisotopic (exact) mass is 374 g/mol. The van der Waals surface area contributed by atoms with Crippen LogP contribution in [-0.4, -0.2) is 29.5 Å². The molecule has 2 amide bonds. The van der Waals surface area contributed by atoms with Crippen LogP contribution in [0.2, 0.25) is 0 Å². The van der Waals surface area contributed by atoms with Crippen molar-refractivity contribution in [3.8, 4) is 11.5 Å². The lowest BCUT2D eigenvalue weighted by Crippen LogP contribution is -2.41. The van der Waals surface area contributed by atoms with Crippen LogP contribution in [0.5, 0.6) is 11.5 Å². The first-order valence-electron chi connectivity index (χ1n) is 8.45. The summed E-state index contributed by atoms with van der Waals surface area (Å²) in [5.41, 5.74) is 0.670. The number of hydrogen-bond acceptors (Lipinski definition) is 4. The number of nitrogens with zero attached hydrogens (tertiary/aromatic N) is 1. The van der Waals surface area contributed by atoms with Crippen LogP contribution < -0.4 is 14.8 Å². The molecular weight excluding hydrogens is 358 g/mol. The number of benzene rings is 2. The molecule has 0 aliphatic carbocycles. The van der Waals surface area contributed by atoms with Gasteiger partial charge in [-0.2, -0.15) is 0 Å². The Morgan fingerprint density at radius 3 is 2.78 bits per heavy atom. The Bertz CT molecular complexity index is 919. The fraction of sp³-hybridized carbons (Fsp3) is 0.263. The summed E-state index contributed by atoms with van der Waals surface area (Å²) < 4.78 is 37.4. The highest BCUT2D eigenvalue weighted by molar-refractivity contribution is 5.99. The average Bonchev–Trinajstić information content (AvgIpc) is 3.24. The van der Waals surface area contributed by atoms with E-state index in [1.807, 2.05) is 0 Å². The van der Waals surface area contributed by atoms with Crippen molar-refractivity contribution < 1.29 is 27.8 Å². The van der Waals surface area contributed by atoms with Gasteiger partial charge in [-0.05, 0) is 36.2 Å². The maximum atomic E-state index is 13.8. The quantitative estimate of drug-likeness (QED) is 0.894. The Balaban J connectivity index is 1.50. The highest BCUT2D eigenvalue weighted by atomic mass is 19.1. The molecular formula is C19H16F2N2O4. The van der Waals surface area contributed by atoms with E-state index in [1.54, 1.807) is 18.2 Å². The molecule has 0 aromatic heterocycles. The number of halogens is 2. The summed E-state index contributed by atoms with van der Waals surface area (Å²) >= 11 is 0. The van der Waals surface area contributed by atoms with Crippen molar-refractivity contribution in [1.29, 1.82) is 0 Å². The molecule has 1 saturated heterocycles. The van der Waals surface area contributed by atoms with Gasteiger partial charge in [0, 0.05) is 19.0 Å². The van der Waals surface area contributed by atoms with Crippen molar-refractivity contribution in [1.82, 2.24) is 4.90 Å². The Labute approximate surface area is 153 Å². The number of ether oxygens (including phenoxy) is 2. The molecule has 4 rings (SSSR count). The number of fused-ring (bicyclic) bond motifs is 1. The second-order valence-corrected chi connectivity index (χ2v) is 6.38. The zero-order chi connectivity index (χ0) is 19.0. The SMILES string of the molecule is O=C(Nc1ccc(F)cc1F)C1CCC(=O)N1Cc1ccc2c(c1)OCO2. The minimum atomic E-state index is -0.866. The molecule has 27 heavy (non-hydrogen) atoms. The lowest BCUT2D eigenvalue weighted by Gasteiger charge is -2.24. The van der Waals surface area contributed by atoms with Crippen LogP contribution in [0.25, 0.3) is 0 Å². The van der Waals surface area contributed by atoms with Gasteiger partial charge >= 0.3 is 0 Å². The third-order valence-electron chi connectivity index (χ3n) is 4.61. The van der Waals surface area contributed by atoms with Crippen LogP contribution in [0.3, 0.4) is 0 Å². The van der Waals surface area contributed by atoms with Gasteiger partial charge in [0.05, 0.1) is 5.69 Å². The van der Waals surface area contributed by atoms with E-state index >= 15 is 0 Å². The predicted octanol–water partition coefficient (Wildman–Crippen LogP) is 2.82. The molecule has 0 radical (unpaired) electrons. The van der Waals surface area contributed by atoms with Crippen LogP contribution in [0, 0.1) is 11.6 Å². The van der Waals surface area contributed by atoms with Gasteiger partial charge in [0.2, 0.25) is 18.6 Å². The van der Waals surface area contributed by atoms with Gasteiger partial charge in [-0.1, -0.05) is 6.07 Å². The molecule has 1 fully saturated rings. The number of likely N-dealkylation sites (tertiary alicyclic amines) is 1. The minimum absolute atomic E-state index is 0.122. The van der Waals surface area contributed by atoms with E-state index in [0.29, 0.717) is 24.0 Å². The first kappa shape index (κ1) is 17.3. The highest BCUT2D eigenvalue weighted by Gasteiger charge is 2.36.